The van der Waals surface area contributed by atoms with E-state index in [2.05, 4.69) is 4.74 Å². The first-order chi connectivity index (χ1) is 8.95. The highest BCUT2D eigenvalue weighted by atomic mass is 19.1. The van der Waals surface area contributed by atoms with Gasteiger partial charge in [0.2, 0.25) is 0 Å². The molecule has 0 N–H and O–H groups in total. The van der Waals surface area contributed by atoms with Crippen molar-refractivity contribution in [1.29, 1.82) is 0 Å². The van der Waals surface area contributed by atoms with Gasteiger partial charge in [-0.2, -0.15) is 0 Å². The first kappa shape index (κ1) is 14.9. The summed E-state index contributed by atoms with van der Waals surface area (Å²) >= 11 is 0. The molecule has 0 fully saturated rings. The average molecular weight is 266 g/mol. The standard InChI is InChI=1S/C14H15FO4/c1-9(14(17)18-3)6-7-19-11-4-5-12(10(2)16)13(15)8-11/h4-6,8H,7H2,1-3H3/b9-6+. The molecular weight excluding hydrogens is 251 g/mol. The fourth-order valence-corrected chi connectivity index (χ4v) is 1.38. The lowest BCUT2D eigenvalue weighted by molar-refractivity contribution is -0.136. The Hall–Kier alpha value is -2.17. The van der Waals surface area contributed by atoms with Crippen LogP contribution in [0.2, 0.25) is 0 Å². The van der Waals surface area contributed by atoms with E-state index in [1.165, 1.54) is 32.2 Å². The second kappa shape index (κ2) is 6.68. The summed E-state index contributed by atoms with van der Waals surface area (Å²) in [5.74, 6) is -1.12. The molecule has 0 radical (unpaired) electrons. The van der Waals surface area contributed by atoms with Gasteiger partial charge in [0.05, 0.1) is 12.7 Å². The minimum absolute atomic E-state index is 0.0219. The molecule has 1 aromatic rings. The van der Waals surface area contributed by atoms with E-state index in [0.29, 0.717) is 5.57 Å². The first-order valence-electron chi connectivity index (χ1n) is 5.64. The maximum Gasteiger partial charge on any atom is 0.333 e. The van der Waals surface area contributed by atoms with Crippen molar-refractivity contribution in [3.8, 4) is 5.75 Å². The van der Waals surface area contributed by atoms with Crippen LogP contribution in [-0.4, -0.2) is 25.5 Å². The molecule has 1 aromatic carbocycles. The minimum Gasteiger partial charge on any atom is -0.489 e. The van der Waals surface area contributed by atoms with Crippen LogP contribution in [-0.2, 0) is 9.53 Å². The predicted molar refractivity (Wildman–Crippen MR) is 67.7 cm³/mol. The van der Waals surface area contributed by atoms with Gasteiger partial charge in [0.1, 0.15) is 18.2 Å². The van der Waals surface area contributed by atoms with Gasteiger partial charge in [0.15, 0.2) is 5.78 Å². The third-order valence-corrected chi connectivity index (χ3v) is 2.47. The van der Waals surface area contributed by atoms with Gasteiger partial charge in [0.25, 0.3) is 0 Å². The van der Waals surface area contributed by atoms with E-state index in [9.17, 15) is 14.0 Å². The van der Waals surface area contributed by atoms with Gasteiger partial charge in [-0.25, -0.2) is 9.18 Å². The number of Topliss-reactive ketones (excluding diaryl/α,β-unsaturated/α-hetero) is 1. The van der Waals surface area contributed by atoms with Crippen LogP contribution in [0.5, 0.6) is 5.75 Å². The number of hydrogen-bond donors (Lipinski definition) is 0. The van der Waals surface area contributed by atoms with Crippen molar-refractivity contribution in [1.82, 2.24) is 0 Å². The number of ketones is 1. The molecule has 0 saturated carbocycles. The zero-order valence-electron chi connectivity index (χ0n) is 11.0. The Morgan fingerprint density at radius 2 is 2.00 bits per heavy atom. The smallest absolute Gasteiger partial charge is 0.333 e. The minimum atomic E-state index is -0.626. The summed E-state index contributed by atoms with van der Waals surface area (Å²) in [6.45, 7) is 3.00. The van der Waals surface area contributed by atoms with Crippen LogP contribution < -0.4 is 4.74 Å². The van der Waals surface area contributed by atoms with E-state index >= 15 is 0 Å². The quantitative estimate of drug-likeness (QED) is 0.467. The monoisotopic (exact) mass is 266 g/mol. The molecule has 0 aliphatic rings. The van der Waals surface area contributed by atoms with Crippen molar-refractivity contribution >= 4 is 11.8 Å². The zero-order valence-corrected chi connectivity index (χ0v) is 11.0. The summed E-state index contributed by atoms with van der Waals surface area (Å²) in [6.07, 6.45) is 1.53. The number of ether oxygens (including phenoxy) is 2. The second-order valence-corrected chi connectivity index (χ2v) is 3.89. The van der Waals surface area contributed by atoms with Crippen LogP contribution in [0.15, 0.2) is 29.8 Å². The SMILES string of the molecule is COC(=O)/C(C)=C/COc1ccc(C(C)=O)c(F)c1. The molecule has 19 heavy (non-hydrogen) atoms. The Kier molecular flexibility index (Phi) is 5.23. The van der Waals surface area contributed by atoms with Crippen LogP contribution in [0.3, 0.4) is 0 Å². The number of hydrogen-bond acceptors (Lipinski definition) is 4. The molecule has 0 aliphatic heterocycles. The largest absolute Gasteiger partial charge is 0.489 e. The molecule has 5 heteroatoms. The van der Waals surface area contributed by atoms with Crippen LogP contribution >= 0.6 is 0 Å². The number of halogens is 1. The van der Waals surface area contributed by atoms with E-state index in [1.54, 1.807) is 6.92 Å². The highest BCUT2D eigenvalue weighted by Crippen LogP contribution is 2.17. The van der Waals surface area contributed by atoms with Crippen molar-refractivity contribution in [3.05, 3.63) is 41.2 Å². The summed E-state index contributed by atoms with van der Waals surface area (Å²) in [5.41, 5.74) is 0.428. The number of carbonyl (C=O) groups excluding carboxylic acids is 2. The van der Waals surface area contributed by atoms with Crippen molar-refractivity contribution in [3.63, 3.8) is 0 Å². The summed E-state index contributed by atoms with van der Waals surface area (Å²) < 4.78 is 23.2. The Balaban J connectivity index is 2.67. The van der Waals surface area contributed by atoms with E-state index < -0.39 is 11.8 Å². The van der Waals surface area contributed by atoms with Gasteiger partial charge in [-0.1, -0.05) is 0 Å². The molecule has 0 atom stereocenters. The van der Waals surface area contributed by atoms with E-state index in [4.69, 9.17) is 4.74 Å². The molecule has 0 heterocycles. The lowest BCUT2D eigenvalue weighted by Crippen LogP contribution is -2.04. The number of esters is 1. The molecule has 0 saturated heterocycles. The van der Waals surface area contributed by atoms with Gasteiger partial charge < -0.3 is 9.47 Å². The van der Waals surface area contributed by atoms with Gasteiger partial charge in [-0.05, 0) is 32.1 Å². The van der Waals surface area contributed by atoms with Crippen LogP contribution in [0.4, 0.5) is 4.39 Å². The Labute approximate surface area is 110 Å². The fourth-order valence-electron chi connectivity index (χ4n) is 1.38. The molecule has 0 aliphatic carbocycles. The third-order valence-electron chi connectivity index (χ3n) is 2.47. The Bertz CT molecular complexity index is 520. The lowest BCUT2D eigenvalue weighted by atomic mass is 10.1. The molecule has 0 spiro atoms. The molecule has 0 amide bonds. The summed E-state index contributed by atoms with van der Waals surface area (Å²) in [5, 5.41) is 0. The highest BCUT2D eigenvalue weighted by molar-refractivity contribution is 5.94. The lowest BCUT2D eigenvalue weighted by Gasteiger charge is -2.06. The van der Waals surface area contributed by atoms with Crippen molar-refractivity contribution in [2.45, 2.75) is 13.8 Å². The summed E-state index contributed by atoms with van der Waals surface area (Å²) in [7, 11) is 1.29. The normalized spacial score (nSPS) is 11.1. The number of carbonyl (C=O) groups is 2. The first-order valence-corrected chi connectivity index (χ1v) is 5.64. The molecule has 4 nitrogen and oxygen atoms in total. The van der Waals surface area contributed by atoms with Crippen molar-refractivity contribution in [2.24, 2.45) is 0 Å². The topological polar surface area (TPSA) is 52.6 Å². The summed E-state index contributed by atoms with van der Waals surface area (Å²) in [6, 6.07) is 4.00. The average Bonchev–Trinajstić information content (AvgIpc) is 2.37. The van der Waals surface area contributed by atoms with Crippen LogP contribution in [0.1, 0.15) is 24.2 Å². The Morgan fingerprint density at radius 3 is 2.53 bits per heavy atom. The molecular formula is C14H15FO4. The van der Waals surface area contributed by atoms with Crippen molar-refractivity contribution in [2.75, 3.05) is 13.7 Å². The van der Waals surface area contributed by atoms with Crippen LogP contribution in [0, 0.1) is 5.82 Å². The fraction of sp³-hybridized carbons (Fsp3) is 0.286. The van der Waals surface area contributed by atoms with Gasteiger partial charge >= 0.3 is 5.97 Å². The van der Waals surface area contributed by atoms with Crippen molar-refractivity contribution < 1.29 is 23.5 Å². The molecule has 1 rings (SSSR count). The Morgan fingerprint density at radius 1 is 1.32 bits per heavy atom. The number of rotatable bonds is 5. The number of methoxy groups -OCH3 is 1. The predicted octanol–water partition coefficient (Wildman–Crippen LogP) is 2.53. The third kappa shape index (κ3) is 4.21. The van der Waals surface area contributed by atoms with E-state index in [-0.39, 0.29) is 23.7 Å². The second-order valence-electron chi connectivity index (χ2n) is 3.89. The molecule has 0 bridgehead atoms. The van der Waals surface area contributed by atoms with Gasteiger partial charge in [0, 0.05) is 11.6 Å². The maximum absolute atomic E-state index is 13.5. The molecule has 102 valence electrons. The number of benzene rings is 1. The highest BCUT2D eigenvalue weighted by Gasteiger charge is 2.08. The van der Waals surface area contributed by atoms with Crippen LogP contribution in [0.25, 0.3) is 0 Å². The van der Waals surface area contributed by atoms with E-state index in [0.717, 1.165) is 6.07 Å². The molecule has 0 unspecified atom stereocenters. The van der Waals surface area contributed by atoms with Gasteiger partial charge in [-0.15, -0.1) is 0 Å². The molecule has 0 aromatic heterocycles. The summed E-state index contributed by atoms with van der Waals surface area (Å²) in [4.78, 5) is 22.1. The zero-order chi connectivity index (χ0) is 14.4. The van der Waals surface area contributed by atoms with Gasteiger partial charge in [-0.3, -0.25) is 4.79 Å². The van der Waals surface area contributed by atoms with E-state index in [1.807, 2.05) is 0 Å². The maximum atomic E-state index is 13.5.